The van der Waals surface area contributed by atoms with Gasteiger partial charge in [0, 0.05) is 18.6 Å². The van der Waals surface area contributed by atoms with Crippen LogP contribution in [0.25, 0.3) is 0 Å². The highest BCUT2D eigenvalue weighted by Crippen LogP contribution is 2.72. The molecule has 3 N–H and O–H groups in total. The van der Waals surface area contributed by atoms with Crippen LogP contribution in [0.4, 0.5) is 4.79 Å². The maximum atomic E-state index is 12.6. The van der Waals surface area contributed by atoms with Gasteiger partial charge in [-0.2, -0.15) is 0 Å². The normalized spacial score (nSPS) is 42.0. The minimum absolute atomic E-state index is 0.0661. The minimum atomic E-state index is -0.784. The average Bonchev–Trinajstić information content (AvgIpc) is 2.97. The van der Waals surface area contributed by atoms with Gasteiger partial charge in [0.2, 0.25) is 0 Å². The van der Waals surface area contributed by atoms with Crippen LogP contribution in [0.3, 0.4) is 0 Å². The molecule has 6 heteroatoms. The SMILES string of the molecule is C[C@@H]1C[C@H]2C[C@@]3(C[C@H]1N2C(=O)OC(C)(C)C)C[C@@]3(CN)C(=O)O. The Kier molecular flexibility index (Phi) is 3.49. The van der Waals surface area contributed by atoms with Crippen LogP contribution in [0.2, 0.25) is 0 Å². The van der Waals surface area contributed by atoms with Crippen molar-refractivity contribution in [1.82, 2.24) is 4.90 Å². The Morgan fingerprint density at radius 2 is 2.00 bits per heavy atom. The molecule has 3 rings (SSSR count). The van der Waals surface area contributed by atoms with Gasteiger partial charge in [0.05, 0.1) is 5.41 Å². The molecule has 0 unspecified atom stereocenters. The van der Waals surface area contributed by atoms with Crippen LogP contribution >= 0.6 is 0 Å². The van der Waals surface area contributed by atoms with E-state index in [-0.39, 0.29) is 30.1 Å². The van der Waals surface area contributed by atoms with E-state index >= 15 is 0 Å². The van der Waals surface area contributed by atoms with E-state index < -0.39 is 17.0 Å². The minimum Gasteiger partial charge on any atom is -0.481 e. The molecule has 130 valence electrons. The fraction of sp³-hybridized carbons (Fsp3) is 0.882. The van der Waals surface area contributed by atoms with Crippen LogP contribution in [0, 0.1) is 16.7 Å². The van der Waals surface area contributed by atoms with Crippen molar-refractivity contribution < 1.29 is 19.4 Å². The van der Waals surface area contributed by atoms with Gasteiger partial charge in [-0.3, -0.25) is 4.79 Å². The lowest BCUT2D eigenvalue weighted by Crippen LogP contribution is -2.51. The molecule has 0 aromatic carbocycles. The number of carbonyl (C=O) groups is 2. The zero-order valence-electron chi connectivity index (χ0n) is 14.5. The summed E-state index contributed by atoms with van der Waals surface area (Å²) < 4.78 is 5.57. The maximum Gasteiger partial charge on any atom is 0.410 e. The van der Waals surface area contributed by atoms with E-state index in [1.165, 1.54) is 0 Å². The summed E-state index contributed by atoms with van der Waals surface area (Å²) in [6, 6.07) is 0.141. The first-order chi connectivity index (χ1) is 10.6. The summed E-state index contributed by atoms with van der Waals surface area (Å²) >= 11 is 0. The van der Waals surface area contributed by atoms with Crippen molar-refractivity contribution in [3.63, 3.8) is 0 Å². The van der Waals surface area contributed by atoms with E-state index in [1.54, 1.807) is 0 Å². The first kappa shape index (κ1) is 16.6. The van der Waals surface area contributed by atoms with Crippen molar-refractivity contribution >= 4 is 12.1 Å². The van der Waals surface area contributed by atoms with Gasteiger partial charge in [0.15, 0.2) is 0 Å². The first-order valence-corrected chi connectivity index (χ1v) is 8.50. The van der Waals surface area contributed by atoms with Crippen LogP contribution in [-0.4, -0.2) is 46.3 Å². The standard InChI is InChI=1S/C17H28N2O4/c1-10-5-11-6-16(8-17(16,9-18)13(20)21)7-12(10)19(11)14(22)23-15(2,3)4/h10-12H,5-9,18H2,1-4H3,(H,20,21)/t10-,11+,12-,16-,17-/m1/s1. The Balaban J connectivity index is 1.81. The van der Waals surface area contributed by atoms with Crippen LogP contribution in [0.5, 0.6) is 0 Å². The highest BCUT2D eigenvalue weighted by molar-refractivity contribution is 5.81. The van der Waals surface area contributed by atoms with Crippen molar-refractivity contribution in [2.45, 2.75) is 71.1 Å². The Bertz CT molecular complexity index is 543. The Morgan fingerprint density at radius 3 is 2.43 bits per heavy atom. The zero-order valence-corrected chi connectivity index (χ0v) is 14.5. The van der Waals surface area contributed by atoms with E-state index in [9.17, 15) is 14.7 Å². The highest BCUT2D eigenvalue weighted by Gasteiger charge is 2.75. The second kappa shape index (κ2) is 4.85. The highest BCUT2D eigenvalue weighted by atomic mass is 16.6. The molecule has 0 aromatic heterocycles. The predicted molar refractivity (Wildman–Crippen MR) is 84.8 cm³/mol. The molecular formula is C17H28N2O4. The molecule has 3 fully saturated rings. The summed E-state index contributed by atoms with van der Waals surface area (Å²) in [7, 11) is 0. The lowest BCUT2D eigenvalue weighted by atomic mass is 9.80. The maximum absolute atomic E-state index is 12.6. The number of nitrogens with two attached hydrogens (primary N) is 1. The van der Waals surface area contributed by atoms with Crippen LogP contribution in [0.1, 0.15) is 53.4 Å². The summed E-state index contributed by atoms with van der Waals surface area (Å²) in [5.74, 6) is -0.408. The Hall–Kier alpha value is -1.30. The molecule has 5 atom stereocenters. The molecular weight excluding hydrogens is 296 g/mol. The van der Waals surface area contributed by atoms with Gasteiger partial charge in [-0.1, -0.05) is 6.92 Å². The first-order valence-electron chi connectivity index (χ1n) is 8.50. The van der Waals surface area contributed by atoms with E-state index in [0.717, 1.165) is 19.3 Å². The molecule has 2 bridgehead atoms. The van der Waals surface area contributed by atoms with Crippen LogP contribution in [0.15, 0.2) is 0 Å². The third-order valence-electron chi connectivity index (χ3n) is 6.17. The number of ether oxygens (including phenoxy) is 1. The van der Waals surface area contributed by atoms with E-state index in [1.807, 2.05) is 25.7 Å². The molecule has 3 aliphatic rings. The van der Waals surface area contributed by atoms with Crippen LogP contribution < -0.4 is 5.73 Å². The summed E-state index contributed by atoms with van der Waals surface area (Å²) in [6.07, 6.45) is 2.77. The number of nitrogens with zero attached hydrogens (tertiary/aromatic N) is 1. The molecule has 1 spiro atoms. The lowest BCUT2D eigenvalue weighted by molar-refractivity contribution is -0.145. The molecule has 1 aliphatic carbocycles. The number of rotatable bonds is 2. The van der Waals surface area contributed by atoms with Gasteiger partial charge >= 0.3 is 12.1 Å². The Labute approximate surface area is 137 Å². The summed E-state index contributed by atoms with van der Waals surface area (Å²) in [5.41, 5.74) is 4.28. The molecule has 1 saturated carbocycles. The fourth-order valence-corrected chi connectivity index (χ4v) is 5.01. The predicted octanol–water partition coefficient (Wildman–Crippen LogP) is 2.21. The second-order valence-electron chi connectivity index (χ2n) is 8.78. The Morgan fingerprint density at radius 1 is 1.35 bits per heavy atom. The van der Waals surface area contributed by atoms with Gasteiger partial charge in [-0.15, -0.1) is 0 Å². The molecule has 2 saturated heterocycles. The summed E-state index contributed by atoms with van der Waals surface area (Å²) in [5, 5.41) is 9.62. The lowest BCUT2D eigenvalue weighted by Gasteiger charge is -2.41. The van der Waals surface area contributed by atoms with Gasteiger partial charge in [-0.25, -0.2) is 4.79 Å². The number of aliphatic carboxylic acids is 1. The molecule has 0 radical (unpaired) electrons. The van der Waals surface area contributed by atoms with Gasteiger partial charge in [-0.05, 0) is 57.8 Å². The number of piperidine rings is 1. The van der Waals surface area contributed by atoms with Crippen molar-refractivity contribution in [3.8, 4) is 0 Å². The molecule has 0 aromatic rings. The number of hydrogen-bond donors (Lipinski definition) is 2. The van der Waals surface area contributed by atoms with Crippen molar-refractivity contribution in [2.75, 3.05) is 6.54 Å². The summed E-state index contributed by atoms with van der Waals surface area (Å²) in [6.45, 7) is 7.93. The van der Waals surface area contributed by atoms with E-state index in [0.29, 0.717) is 12.3 Å². The number of fused-ring (bicyclic) bond motifs is 2. The molecule has 23 heavy (non-hydrogen) atoms. The largest absolute Gasteiger partial charge is 0.481 e. The van der Waals surface area contributed by atoms with E-state index in [2.05, 4.69) is 6.92 Å². The third kappa shape index (κ3) is 2.33. The third-order valence-corrected chi connectivity index (χ3v) is 6.17. The van der Waals surface area contributed by atoms with Gasteiger partial charge in [0.25, 0.3) is 0 Å². The topological polar surface area (TPSA) is 92.9 Å². The van der Waals surface area contributed by atoms with Gasteiger partial charge < -0.3 is 20.5 Å². The van der Waals surface area contributed by atoms with Crippen LogP contribution in [-0.2, 0) is 9.53 Å². The van der Waals surface area contributed by atoms with Crippen molar-refractivity contribution in [3.05, 3.63) is 0 Å². The number of amides is 1. The quantitative estimate of drug-likeness (QED) is 0.812. The smallest absolute Gasteiger partial charge is 0.410 e. The number of carboxylic acid groups (broad SMARTS) is 1. The van der Waals surface area contributed by atoms with Crippen molar-refractivity contribution in [1.29, 1.82) is 0 Å². The monoisotopic (exact) mass is 324 g/mol. The van der Waals surface area contributed by atoms with Gasteiger partial charge in [0.1, 0.15) is 5.60 Å². The molecule has 2 aliphatic heterocycles. The van der Waals surface area contributed by atoms with E-state index in [4.69, 9.17) is 10.5 Å². The summed E-state index contributed by atoms with van der Waals surface area (Å²) in [4.78, 5) is 26.2. The average molecular weight is 324 g/mol. The molecule has 2 heterocycles. The second-order valence-corrected chi connectivity index (χ2v) is 8.78. The fourth-order valence-electron chi connectivity index (χ4n) is 5.01. The zero-order chi connectivity index (χ0) is 17.2. The number of carbonyl (C=O) groups excluding carboxylic acids is 1. The molecule has 6 nitrogen and oxygen atoms in total. The number of carboxylic acids is 1. The van der Waals surface area contributed by atoms with Crippen molar-refractivity contribution in [2.24, 2.45) is 22.5 Å². The number of hydrogen-bond acceptors (Lipinski definition) is 4. The molecule has 1 amide bonds.